The molecule has 1 atom stereocenters. The molecule has 1 aliphatic heterocycles. The van der Waals surface area contributed by atoms with Crippen molar-refractivity contribution in [3.05, 3.63) is 137 Å². The van der Waals surface area contributed by atoms with Crippen molar-refractivity contribution in [3.8, 4) is 0 Å². The first-order valence-corrected chi connectivity index (χ1v) is 16.0. The molecule has 0 aliphatic carbocycles. The van der Waals surface area contributed by atoms with Crippen LogP contribution < -0.4 is 14.9 Å². The Kier molecular flexibility index (Phi) is 8.07. The molecule has 3 aromatic carbocycles. The number of halogens is 1. The Morgan fingerprint density at radius 3 is 2.49 bits per heavy atom. The van der Waals surface area contributed by atoms with Gasteiger partial charge in [0.15, 0.2) is 4.80 Å². The van der Waals surface area contributed by atoms with E-state index < -0.39 is 12.0 Å². The number of thiazole rings is 1. The average Bonchev–Trinajstić information content (AvgIpc) is 3.49. The van der Waals surface area contributed by atoms with Crippen molar-refractivity contribution in [2.75, 3.05) is 6.61 Å². The largest absolute Gasteiger partial charge is 0.463 e. The Hall–Kier alpha value is -4.01. The third kappa shape index (κ3) is 5.57. The number of esters is 1. The number of hydrogen-bond acceptors (Lipinski definition) is 5. The number of nitrogens with zero attached hydrogens (tertiary/aromatic N) is 3. The molecule has 0 unspecified atom stereocenters. The van der Waals surface area contributed by atoms with E-state index in [1.807, 2.05) is 49.4 Å². The van der Waals surface area contributed by atoms with E-state index in [-0.39, 0.29) is 12.2 Å². The van der Waals surface area contributed by atoms with Gasteiger partial charge in [-0.2, -0.15) is 0 Å². The number of rotatable bonds is 7. The van der Waals surface area contributed by atoms with Crippen LogP contribution in [-0.4, -0.2) is 21.7 Å². The summed E-state index contributed by atoms with van der Waals surface area (Å²) in [5.41, 5.74) is 6.04. The quantitative estimate of drug-likeness (QED) is 0.184. The summed E-state index contributed by atoms with van der Waals surface area (Å²) >= 11 is 4.86. The number of aromatic nitrogens is 2. The van der Waals surface area contributed by atoms with Gasteiger partial charge < -0.3 is 9.30 Å². The standard InChI is InChI=1S/C35H32BrN3O3S/c1-5-42-34(41)31-22(4)37-35-39(32(31)25-14-12-24(13-15-25)21(2)3)33(40)30(43-35)18-26-20-38(29-9-7-6-8-28(26)29)19-23-10-16-27(36)17-11-23/h6-18,20-21,32H,5,19H2,1-4H3/b30-18+/t32-/m0/s1. The maximum Gasteiger partial charge on any atom is 0.338 e. The lowest BCUT2D eigenvalue weighted by atomic mass is 9.93. The predicted molar refractivity (Wildman–Crippen MR) is 176 cm³/mol. The normalized spacial score (nSPS) is 15.2. The van der Waals surface area contributed by atoms with Gasteiger partial charge in [-0.05, 0) is 60.7 Å². The zero-order valence-electron chi connectivity index (χ0n) is 24.5. The average molecular weight is 655 g/mol. The highest BCUT2D eigenvalue weighted by Crippen LogP contribution is 2.32. The molecule has 43 heavy (non-hydrogen) atoms. The Bertz CT molecular complexity index is 2050. The molecule has 0 saturated heterocycles. The van der Waals surface area contributed by atoms with Crippen molar-refractivity contribution >= 4 is 50.2 Å². The molecule has 2 aromatic heterocycles. The number of fused-ring (bicyclic) bond motifs is 2. The van der Waals surface area contributed by atoms with Crippen LogP contribution in [-0.2, 0) is 16.1 Å². The molecule has 5 aromatic rings. The van der Waals surface area contributed by atoms with Crippen molar-refractivity contribution in [2.45, 2.75) is 46.2 Å². The molecule has 0 radical (unpaired) electrons. The van der Waals surface area contributed by atoms with E-state index in [2.05, 4.69) is 76.9 Å². The lowest BCUT2D eigenvalue weighted by Gasteiger charge is -2.25. The van der Waals surface area contributed by atoms with E-state index in [9.17, 15) is 9.59 Å². The highest BCUT2D eigenvalue weighted by Gasteiger charge is 2.33. The topological polar surface area (TPSA) is 65.6 Å². The summed E-state index contributed by atoms with van der Waals surface area (Å²) < 4.78 is 10.9. The smallest absolute Gasteiger partial charge is 0.338 e. The van der Waals surface area contributed by atoms with Crippen molar-refractivity contribution in [1.82, 2.24) is 9.13 Å². The molecule has 6 nitrogen and oxygen atoms in total. The number of benzene rings is 3. The maximum absolute atomic E-state index is 14.2. The van der Waals surface area contributed by atoms with Crippen molar-refractivity contribution in [1.29, 1.82) is 0 Å². The number of allylic oxidation sites excluding steroid dienone is 1. The number of hydrogen-bond donors (Lipinski definition) is 0. The van der Waals surface area contributed by atoms with Crippen LogP contribution >= 0.6 is 27.3 Å². The SMILES string of the molecule is CCOC(=O)C1=C(C)N=c2s/c(=C/c3cn(Cc4ccc(Br)cc4)c4ccccc34)c(=O)n2[C@H]1c1ccc(C(C)C)cc1. The molecule has 0 N–H and O–H groups in total. The molecule has 0 fully saturated rings. The van der Waals surface area contributed by atoms with E-state index in [4.69, 9.17) is 9.73 Å². The summed E-state index contributed by atoms with van der Waals surface area (Å²) in [6.07, 6.45) is 4.05. The second kappa shape index (κ2) is 11.9. The molecule has 1 aliphatic rings. The van der Waals surface area contributed by atoms with Crippen LogP contribution in [0, 0.1) is 0 Å². The van der Waals surface area contributed by atoms with Gasteiger partial charge in [-0.3, -0.25) is 9.36 Å². The molecule has 218 valence electrons. The fourth-order valence-corrected chi connectivity index (χ4v) is 6.92. The van der Waals surface area contributed by atoms with Crippen LogP contribution in [0.15, 0.2) is 105 Å². The van der Waals surface area contributed by atoms with Crippen LogP contribution in [0.5, 0.6) is 0 Å². The molecule has 8 heteroatoms. The first kappa shape index (κ1) is 29.1. The summed E-state index contributed by atoms with van der Waals surface area (Å²) in [5, 5.41) is 1.06. The Balaban J connectivity index is 1.50. The highest BCUT2D eigenvalue weighted by atomic mass is 79.9. The summed E-state index contributed by atoms with van der Waals surface area (Å²) in [6, 6.07) is 24.0. The molecule has 6 rings (SSSR count). The van der Waals surface area contributed by atoms with Crippen LogP contribution in [0.25, 0.3) is 17.0 Å². The predicted octanol–water partition coefficient (Wildman–Crippen LogP) is 6.69. The van der Waals surface area contributed by atoms with E-state index in [1.54, 1.807) is 11.5 Å². The zero-order chi connectivity index (χ0) is 30.2. The third-order valence-electron chi connectivity index (χ3n) is 7.81. The fourth-order valence-electron chi connectivity index (χ4n) is 5.62. The van der Waals surface area contributed by atoms with Gasteiger partial charge in [0.05, 0.1) is 28.5 Å². The van der Waals surface area contributed by atoms with E-state index >= 15 is 0 Å². The first-order chi connectivity index (χ1) is 20.7. The van der Waals surface area contributed by atoms with Gasteiger partial charge in [-0.15, -0.1) is 0 Å². The molecule has 0 saturated carbocycles. The minimum atomic E-state index is -0.627. The van der Waals surface area contributed by atoms with Gasteiger partial charge in [0.1, 0.15) is 0 Å². The lowest BCUT2D eigenvalue weighted by molar-refractivity contribution is -0.139. The first-order valence-electron chi connectivity index (χ1n) is 14.4. The van der Waals surface area contributed by atoms with Gasteiger partial charge in [0.25, 0.3) is 5.56 Å². The van der Waals surface area contributed by atoms with Crippen LogP contribution in [0.2, 0.25) is 0 Å². The third-order valence-corrected chi connectivity index (χ3v) is 9.32. The van der Waals surface area contributed by atoms with Crippen LogP contribution in [0.3, 0.4) is 0 Å². The number of carbonyl (C=O) groups excluding carboxylic acids is 1. The second-order valence-corrected chi connectivity index (χ2v) is 12.9. The second-order valence-electron chi connectivity index (χ2n) is 11.0. The molecule has 0 spiro atoms. The van der Waals surface area contributed by atoms with Gasteiger partial charge in [-0.25, -0.2) is 9.79 Å². The number of para-hydroxylation sites is 1. The molecule has 0 amide bonds. The molecule has 0 bridgehead atoms. The van der Waals surface area contributed by atoms with Crippen LogP contribution in [0.1, 0.15) is 61.9 Å². The van der Waals surface area contributed by atoms with Crippen molar-refractivity contribution in [2.24, 2.45) is 4.99 Å². The van der Waals surface area contributed by atoms with Gasteiger partial charge in [-0.1, -0.05) is 95.7 Å². The summed E-state index contributed by atoms with van der Waals surface area (Å²) in [6.45, 7) is 8.82. The number of carbonyl (C=O) groups is 1. The maximum atomic E-state index is 14.2. The van der Waals surface area contributed by atoms with Gasteiger partial charge in [0, 0.05) is 33.7 Å². The Labute approximate surface area is 262 Å². The Morgan fingerprint density at radius 2 is 1.79 bits per heavy atom. The highest BCUT2D eigenvalue weighted by molar-refractivity contribution is 9.10. The van der Waals surface area contributed by atoms with Gasteiger partial charge >= 0.3 is 5.97 Å². The summed E-state index contributed by atoms with van der Waals surface area (Å²) in [5.74, 6) is -0.0873. The van der Waals surface area contributed by atoms with Gasteiger partial charge in [0.2, 0.25) is 0 Å². The lowest BCUT2D eigenvalue weighted by Crippen LogP contribution is -2.39. The number of ether oxygens (including phenoxy) is 1. The van der Waals surface area contributed by atoms with E-state index in [0.29, 0.717) is 33.1 Å². The minimum absolute atomic E-state index is 0.180. The van der Waals surface area contributed by atoms with Crippen LogP contribution in [0.4, 0.5) is 0 Å². The van der Waals surface area contributed by atoms with Crippen molar-refractivity contribution in [3.63, 3.8) is 0 Å². The van der Waals surface area contributed by atoms with Crippen molar-refractivity contribution < 1.29 is 9.53 Å². The Morgan fingerprint density at radius 1 is 1.07 bits per heavy atom. The fraction of sp³-hybridized carbons (Fsp3) is 0.229. The summed E-state index contributed by atoms with van der Waals surface area (Å²) in [4.78, 5) is 32.7. The van der Waals surface area contributed by atoms with E-state index in [1.165, 1.54) is 22.5 Å². The monoisotopic (exact) mass is 653 g/mol. The minimum Gasteiger partial charge on any atom is -0.463 e. The molecule has 3 heterocycles. The molecular formula is C35H32BrN3O3S. The van der Waals surface area contributed by atoms with E-state index in [0.717, 1.165) is 26.5 Å². The molecular weight excluding hydrogens is 622 g/mol. The summed E-state index contributed by atoms with van der Waals surface area (Å²) in [7, 11) is 0. The zero-order valence-corrected chi connectivity index (χ0v) is 26.9.